The third-order valence-electron chi connectivity index (χ3n) is 3.87. The molecule has 0 unspecified atom stereocenters. The van der Waals surface area contributed by atoms with Crippen molar-refractivity contribution in [1.82, 2.24) is 15.1 Å². The predicted octanol–water partition coefficient (Wildman–Crippen LogP) is 3.60. The average Bonchev–Trinajstić information content (AvgIpc) is 3.10. The smallest absolute Gasteiger partial charge is 0.269 e. The Labute approximate surface area is 134 Å². The van der Waals surface area contributed by atoms with Gasteiger partial charge in [0.2, 0.25) is 0 Å². The van der Waals surface area contributed by atoms with Gasteiger partial charge in [-0.1, -0.05) is 24.9 Å². The molecule has 2 heterocycles. The molecule has 1 fully saturated rings. The van der Waals surface area contributed by atoms with Crippen molar-refractivity contribution in [3.8, 4) is 10.8 Å². The lowest BCUT2D eigenvalue weighted by Gasteiger charge is -2.17. The zero-order valence-corrected chi connectivity index (χ0v) is 14.0. The van der Waals surface area contributed by atoms with Crippen LogP contribution in [0.5, 0.6) is 0 Å². The molecule has 1 aliphatic carbocycles. The highest BCUT2D eigenvalue weighted by molar-refractivity contribution is 7.15. The first-order chi connectivity index (χ1) is 9.62. The molecule has 2 N–H and O–H groups in total. The van der Waals surface area contributed by atoms with Crippen LogP contribution in [0.1, 0.15) is 55.6 Å². The van der Waals surface area contributed by atoms with E-state index in [0.717, 1.165) is 54.1 Å². The quantitative estimate of drug-likeness (QED) is 0.927. The summed E-state index contributed by atoms with van der Waals surface area (Å²) in [4.78, 5) is 10.1. The number of aryl methyl sites for hydroxylation is 2. The van der Waals surface area contributed by atoms with Crippen LogP contribution in [0.25, 0.3) is 10.8 Å². The van der Waals surface area contributed by atoms with Crippen LogP contribution in [0.15, 0.2) is 4.52 Å². The first-order valence-corrected chi connectivity index (χ1v) is 8.04. The van der Waals surface area contributed by atoms with E-state index in [4.69, 9.17) is 10.3 Å². The summed E-state index contributed by atoms with van der Waals surface area (Å²) >= 11 is 1.64. The molecular weight excluding hydrogens is 308 g/mol. The van der Waals surface area contributed by atoms with Gasteiger partial charge in [0.15, 0.2) is 5.82 Å². The first kappa shape index (κ1) is 16.4. The van der Waals surface area contributed by atoms with Gasteiger partial charge >= 0.3 is 0 Å². The third-order valence-corrected chi connectivity index (χ3v) is 5.07. The van der Waals surface area contributed by atoms with E-state index in [1.54, 1.807) is 11.3 Å². The van der Waals surface area contributed by atoms with Gasteiger partial charge in [-0.3, -0.25) is 0 Å². The molecule has 116 valence electrons. The van der Waals surface area contributed by atoms with E-state index in [1.807, 2.05) is 6.92 Å². The molecule has 7 heteroatoms. The zero-order valence-electron chi connectivity index (χ0n) is 12.4. The van der Waals surface area contributed by atoms with Gasteiger partial charge in [0, 0.05) is 0 Å². The second kappa shape index (κ2) is 6.42. The number of nitrogens with zero attached hydrogens (tertiary/aromatic N) is 3. The second-order valence-electron chi connectivity index (χ2n) is 5.56. The highest BCUT2D eigenvalue weighted by atomic mass is 35.5. The van der Waals surface area contributed by atoms with Crippen LogP contribution in [0.3, 0.4) is 0 Å². The molecule has 5 nitrogen and oxygen atoms in total. The molecule has 0 atom stereocenters. The highest BCUT2D eigenvalue weighted by Gasteiger charge is 2.36. The van der Waals surface area contributed by atoms with Crippen molar-refractivity contribution in [2.75, 3.05) is 0 Å². The predicted molar refractivity (Wildman–Crippen MR) is 85.7 cm³/mol. The summed E-state index contributed by atoms with van der Waals surface area (Å²) in [6, 6.07) is 0. The second-order valence-corrected chi connectivity index (χ2v) is 6.64. The van der Waals surface area contributed by atoms with E-state index >= 15 is 0 Å². The van der Waals surface area contributed by atoms with E-state index in [-0.39, 0.29) is 12.4 Å². The molecule has 1 aliphatic rings. The molecule has 0 amide bonds. The molecule has 21 heavy (non-hydrogen) atoms. The topological polar surface area (TPSA) is 77.8 Å². The van der Waals surface area contributed by atoms with Crippen molar-refractivity contribution in [1.29, 1.82) is 0 Å². The molecule has 2 aromatic heterocycles. The molecule has 0 radical (unpaired) electrons. The molecular formula is C14H21ClN4OS. The maximum absolute atomic E-state index is 6.37. The van der Waals surface area contributed by atoms with Gasteiger partial charge in [-0.2, -0.15) is 4.98 Å². The lowest BCUT2D eigenvalue weighted by molar-refractivity contribution is 0.373. The van der Waals surface area contributed by atoms with Gasteiger partial charge in [-0.15, -0.1) is 23.7 Å². The van der Waals surface area contributed by atoms with E-state index in [2.05, 4.69) is 22.0 Å². The fraction of sp³-hybridized carbons (Fsp3) is 0.643. The van der Waals surface area contributed by atoms with Crippen LogP contribution in [-0.2, 0) is 12.0 Å². The molecule has 1 saturated carbocycles. The summed E-state index contributed by atoms with van der Waals surface area (Å²) in [6.45, 7) is 4.14. The standard InChI is InChI=1S/C14H20N4OS.ClH/c1-3-6-10-16-9(2)11(20-10)12-17-13(18-19-12)14(15)7-4-5-8-14;/h3-8,15H2,1-2H3;1H. The Morgan fingerprint density at radius 1 is 1.29 bits per heavy atom. The van der Waals surface area contributed by atoms with Gasteiger partial charge in [-0.05, 0) is 32.6 Å². The van der Waals surface area contributed by atoms with Gasteiger partial charge in [0.25, 0.3) is 5.89 Å². The van der Waals surface area contributed by atoms with Crippen LogP contribution in [-0.4, -0.2) is 15.1 Å². The molecule has 0 spiro atoms. The fourth-order valence-corrected chi connectivity index (χ4v) is 3.81. The number of aromatic nitrogens is 3. The van der Waals surface area contributed by atoms with Gasteiger partial charge < -0.3 is 10.3 Å². The van der Waals surface area contributed by atoms with Crippen molar-refractivity contribution in [2.24, 2.45) is 5.73 Å². The number of hydrogen-bond acceptors (Lipinski definition) is 6. The molecule has 3 rings (SSSR count). The van der Waals surface area contributed by atoms with Gasteiger partial charge in [-0.25, -0.2) is 4.98 Å². The minimum absolute atomic E-state index is 0. The van der Waals surface area contributed by atoms with Crippen molar-refractivity contribution >= 4 is 23.7 Å². The maximum atomic E-state index is 6.37. The molecule has 0 bridgehead atoms. The van der Waals surface area contributed by atoms with Crippen LogP contribution in [0.2, 0.25) is 0 Å². The first-order valence-electron chi connectivity index (χ1n) is 7.22. The fourth-order valence-electron chi connectivity index (χ4n) is 2.72. The van der Waals surface area contributed by atoms with Crippen LogP contribution in [0.4, 0.5) is 0 Å². The molecule has 2 aromatic rings. The van der Waals surface area contributed by atoms with Gasteiger partial charge in [0.1, 0.15) is 4.88 Å². The number of rotatable bonds is 4. The monoisotopic (exact) mass is 328 g/mol. The molecule has 0 aromatic carbocycles. The Bertz CT molecular complexity index is 604. The number of nitrogens with two attached hydrogens (primary N) is 1. The highest BCUT2D eigenvalue weighted by Crippen LogP contribution is 2.36. The van der Waals surface area contributed by atoms with Crippen LogP contribution < -0.4 is 5.73 Å². The summed E-state index contributed by atoms with van der Waals surface area (Å²) in [7, 11) is 0. The number of thiazole rings is 1. The third kappa shape index (κ3) is 3.12. The van der Waals surface area contributed by atoms with Crippen LogP contribution >= 0.6 is 23.7 Å². The minimum Gasteiger partial charge on any atom is -0.333 e. The molecule has 0 aliphatic heterocycles. The van der Waals surface area contributed by atoms with E-state index in [0.29, 0.717) is 11.7 Å². The Kier molecular flexibility index (Phi) is 5.01. The summed E-state index contributed by atoms with van der Waals surface area (Å²) in [6.07, 6.45) is 6.24. The lowest BCUT2D eigenvalue weighted by atomic mass is 9.99. The zero-order chi connectivity index (χ0) is 14.2. The van der Waals surface area contributed by atoms with Crippen molar-refractivity contribution in [2.45, 2.75) is 57.9 Å². The Morgan fingerprint density at radius 2 is 2.00 bits per heavy atom. The van der Waals surface area contributed by atoms with Crippen molar-refractivity contribution < 1.29 is 4.52 Å². The summed E-state index contributed by atoms with van der Waals surface area (Å²) in [5.41, 5.74) is 6.93. The summed E-state index contributed by atoms with van der Waals surface area (Å²) in [5.74, 6) is 1.21. The Balaban J connectivity index is 0.00000161. The van der Waals surface area contributed by atoms with E-state index in [1.165, 1.54) is 0 Å². The van der Waals surface area contributed by atoms with Crippen molar-refractivity contribution in [3.05, 3.63) is 16.5 Å². The van der Waals surface area contributed by atoms with Crippen molar-refractivity contribution in [3.63, 3.8) is 0 Å². The summed E-state index contributed by atoms with van der Waals surface area (Å²) < 4.78 is 5.43. The van der Waals surface area contributed by atoms with Crippen LogP contribution in [0, 0.1) is 6.92 Å². The Hall–Kier alpha value is -0.980. The number of hydrogen-bond donors (Lipinski definition) is 1. The number of halogens is 1. The normalized spacial score (nSPS) is 16.9. The summed E-state index contributed by atoms with van der Waals surface area (Å²) in [5, 5.41) is 5.24. The molecule has 0 saturated heterocycles. The van der Waals surface area contributed by atoms with E-state index < -0.39 is 5.54 Å². The Morgan fingerprint density at radius 3 is 2.67 bits per heavy atom. The largest absolute Gasteiger partial charge is 0.333 e. The maximum Gasteiger partial charge on any atom is 0.269 e. The lowest BCUT2D eigenvalue weighted by Crippen LogP contribution is -2.34. The average molecular weight is 329 g/mol. The minimum atomic E-state index is -0.396. The van der Waals surface area contributed by atoms with E-state index in [9.17, 15) is 0 Å². The van der Waals surface area contributed by atoms with Gasteiger partial charge in [0.05, 0.1) is 16.2 Å². The SMILES string of the molecule is CCCc1nc(C)c(-c2nc(C3(N)CCCC3)no2)s1.Cl.